The highest BCUT2D eigenvalue weighted by atomic mass is 19.4. The number of ether oxygens (including phenoxy) is 1. The Bertz CT molecular complexity index is 410. The van der Waals surface area contributed by atoms with E-state index in [0.717, 1.165) is 19.1 Å². The monoisotopic (exact) mass is 297 g/mol. The fraction of sp³-hybridized carbons (Fsp3) is 0.615. The molecule has 0 aliphatic carbocycles. The summed E-state index contributed by atoms with van der Waals surface area (Å²) in [5.41, 5.74) is -0.858. The van der Waals surface area contributed by atoms with Crippen LogP contribution in [0.4, 0.5) is 22.0 Å². The smallest absolute Gasteiger partial charge is 0.417 e. The molecule has 0 fully saturated rings. The summed E-state index contributed by atoms with van der Waals surface area (Å²) in [6.07, 6.45) is -3.63. The predicted molar refractivity (Wildman–Crippen MR) is 63.8 cm³/mol. The second-order valence-corrected chi connectivity index (χ2v) is 4.90. The maximum atomic E-state index is 12.7. The van der Waals surface area contributed by atoms with Gasteiger partial charge in [-0.05, 0) is 25.3 Å². The Labute approximate surface area is 114 Å². The van der Waals surface area contributed by atoms with Crippen molar-refractivity contribution in [2.45, 2.75) is 38.8 Å². The van der Waals surface area contributed by atoms with Crippen LogP contribution in [0.15, 0.2) is 18.3 Å². The van der Waals surface area contributed by atoms with E-state index in [4.69, 9.17) is 4.74 Å². The Kier molecular flexibility index (Phi) is 5.30. The van der Waals surface area contributed by atoms with E-state index < -0.39 is 17.7 Å². The van der Waals surface area contributed by atoms with Crippen LogP contribution in [0.25, 0.3) is 0 Å². The van der Waals surface area contributed by atoms with Crippen LogP contribution in [0.2, 0.25) is 0 Å². The van der Waals surface area contributed by atoms with Crippen LogP contribution in [0, 0.1) is 5.92 Å². The second kappa shape index (κ2) is 6.37. The fourth-order valence-corrected chi connectivity index (χ4v) is 1.71. The van der Waals surface area contributed by atoms with Crippen molar-refractivity contribution in [2.24, 2.45) is 5.92 Å². The van der Waals surface area contributed by atoms with Crippen LogP contribution < -0.4 is 4.74 Å². The van der Waals surface area contributed by atoms with Crippen molar-refractivity contribution < 1.29 is 26.7 Å². The third-order valence-corrected chi connectivity index (χ3v) is 2.63. The van der Waals surface area contributed by atoms with E-state index >= 15 is 0 Å². The van der Waals surface area contributed by atoms with Gasteiger partial charge in [0.2, 0.25) is 11.8 Å². The van der Waals surface area contributed by atoms with Crippen molar-refractivity contribution in [1.29, 1.82) is 0 Å². The molecule has 1 unspecified atom stereocenters. The van der Waals surface area contributed by atoms with Gasteiger partial charge in [-0.15, -0.1) is 0 Å². The first-order chi connectivity index (χ1) is 9.08. The summed E-state index contributed by atoms with van der Waals surface area (Å²) in [6.45, 7) is 2.65. The summed E-state index contributed by atoms with van der Waals surface area (Å²) < 4.78 is 67.4. The third kappa shape index (κ3) is 6.16. The molecule has 1 rings (SSSR count). The molecule has 0 saturated carbocycles. The quantitative estimate of drug-likeness (QED) is 0.719. The predicted octanol–water partition coefficient (Wildman–Crippen LogP) is 4.55. The van der Waals surface area contributed by atoms with Gasteiger partial charge >= 0.3 is 6.18 Å². The maximum Gasteiger partial charge on any atom is 0.417 e. The molecule has 0 bridgehead atoms. The molecule has 0 saturated heterocycles. The minimum absolute atomic E-state index is 0.0495. The van der Waals surface area contributed by atoms with Crippen LogP contribution >= 0.6 is 0 Å². The summed E-state index contributed by atoms with van der Waals surface area (Å²) >= 11 is 0. The fourth-order valence-electron chi connectivity index (χ4n) is 1.71. The van der Waals surface area contributed by atoms with Gasteiger partial charge in [0, 0.05) is 18.7 Å². The van der Waals surface area contributed by atoms with Gasteiger partial charge < -0.3 is 4.74 Å². The Hall–Kier alpha value is -1.40. The lowest BCUT2D eigenvalue weighted by atomic mass is 10.0. The average molecular weight is 297 g/mol. The van der Waals surface area contributed by atoms with Gasteiger partial charge in [-0.25, -0.2) is 13.8 Å². The normalized spacial score (nSPS) is 14.2. The molecule has 0 aliphatic rings. The molecule has 114 valence electrons. The lowest BCUT2D eigenvalue weighted by molar-refractivity contribution is -0.137. The van der Waals surface area contributed by atoms with E-state index in [9.17, 15) is 22.0 Å². The number of alkyl halides is 5. The van der Waals surface area contributed by atoms with Gasteiger partial charge in [-0.1, -0.05) is 6.92 Å². The number of nitrogens with zero attached hydrogens (tertiary/aromatic N) is 1. The van der Waals surface area contributed by atoms with Gasteiger partial charge in [0.05, 0.1) is 12.2 Å². The first-order valence-corrected chi connectivity index (χ1v) is 6.12. The van der Waals surface area contributed by atoms with Crippen molar-refractivity contribution in [3.8, 4) is 5.88 Å². The van der Waals surface area contributed by atoms with Crippen LogP contribution in [-0.4, -0.2) is 17.5 Å². The molecule has 0 amide bonds. The van der Waals surface area contributed by atoms with E-state index in [1.54, 1.807) is 6.92 Å². The van der Waals surface area contributed by atoms with Gasteiger partial charge in [-0.2, -0.15) is 13.2 Å². The first-order valence-electron chi connectivity index (χ1n) is 6.12. The molecule has 1 atom stereocenters. The molecule has 0 N–H and O–H groups in total. The SMILES string of the molecule is CC(CCOc1ccc(C(F)(F)F)cn1)CC(C)(F)F. The third-order valence-electron chi connectivity index (χ3n) is 2.63. The molecule has 0 radical (unpaired) electrons. The van der Waals surface area contributed by atoms with Crippen molar-refractivity contribution in [3.63, 3.8) is 0 Å². The lowest BCUT2D eigenvalue weighted by Crippen LogP contribution is -2.16. The van der Waals surface area contributed by atoms with Gasteiger partial charge in [0.15, 0.2) is 0 Å². The van der Waals surface area contributed by atoms with Gasteiger partial charge in [0.1, 0.15) is 0 Å². The number of halogens is 5. The zero-order chi connectivity index (χ0) is 15.4. The van der Waals surface area contributed by atoms with E-state index in [1.807, 2.05) is 0 Å². The number of pyridine rings is 1. The molecule has 1 aromatic rings. The Morgan fingerprint density at radius 3 is 2.30 bits per heavy atom. The zero-order valence-electron chi connectivity index (χ0n) is 11.2. The minimum atomic E-state index is -4.44. The molecule has 2 nitrogen and oxygen atoms in total. The molecular weight excluding hydrogens is 281 g/mol. The van der Waals surface area contributed by atoms with E-state index in [2.05, 4.69) is 4.98 Å². The van der Waals surface area contributed by atoms with E-state index in [-0.39, 0.29) is 24.8 Å². The van der Waals surface area contributed by atoms with Crippen LogP contribution in [-0.2, 0) is 6.18 Å². The molecule has 0 aliphatic heterocycles. The highest BCUT2D eigenvalue weighted by molar-refractivity contribution is 5.20. The summed E-state index contributed by atoms with van der Waals surface area (Å²) in [5.74, 6) is -2.93. The summed E-state index contributed by atoms with van der Waals surface area (Å²) in [4.78, 5) is 3.53. The van der Waals surface area contributed by atoms with Crippen molar-refractivity contribution >= 4 is 0 Å². The van der Waals surface area contributed by atoms with Crippen LogP contribution in [0.1, 0.15) is 32.3 Å². The largest absolute Gasteiger partial charge is 0.478 e. The molecule has 0 spiro atoms. The Morgan fingerprint density at radius 2 is 1.85 bits per heavy atom. The Balaban J connectivity index is 2.39. The second-order valence-electron chi connectivity index (χ2n) is 4.90. The molecule has 1 aromatic heterocycles. The molecule has 1 heterocycles. The minimum Gasteiger partial charge on any atom is -0.478 e. The van der Waals surface area contributed by atoms with Crippen molar-refractivity contribution in [1.82, 2.24) is 4.98 Å². The Morgan fingerprint density at radius 1 is 1.20 bits per heavy atom. The van der Waals surface area contributed by atoms with Crippen molar-refractivity contribution in [3.05, 3.63) is 23.9 Å². The number of hydrogen-bond acceptors (Lipinski definition) is 2. The van der Waals surface area contributed by atoms with Crippen LogP contribution in [0.5, 0.6) is 5.88 Å². The molecule has 7 heteroatoms. The van der Waals surface area contributed by atoms with Gasteiger partial charge in [0.25, 0.3) is 0 Å². The summed E-state index contributed by atoms with van der Waals surface area (Å²) in [7, 11) is 0. The molecule has 20 heavy (non-hydrogen) atoms. The summed E-state index contributed by atoms with van der Waals surface area (Å²) in [6, 6.07) is 1.98. The molecular formula is C13H16F5NO. The zero-order valence-corrected chi connectivity index (χ0v) is 11.2. The first kappa shape index (κ1) is 16.7. The van der Waals surface area contributed by atoms with Gasteiger partial charge in [-0.3, -0.25) is 0 Å². The maximum absolute atomic E-state index is 12.7. The number of aromatic nitrogens is 1. The number of hydrogen-bond donors (Lipinski definition) is 0. The lowest BCUT2D eigenvalue weighted by Gasteiger charge is -2.16. The topological polar surface area (TPSA) is 22.1 Å². The van der Waals surface area contributed by atoms with Crippen LogP contribution in [0.3, 0.4) is 0 Å². The van der Waals surface area contributed by atoms with E-state index in [1.165, 1.54) is 0 Å². The summed E-state index contributed by atoms with van der Waals surface area (Å²) in [5, 5.41) is 0. The highest BCUT2D eigenvalue weighted by Crippen LogP contribution is 2.29. The standard InChI is InChI=1S/C13H16F5NO/c1-9(7-12(2,14)15)5-6-20-11-4-3-10(8-19-11)13(16,17)18/h3-4,8-9H,5-7H2,1-2H3. The average Bonchev–Trinajstić information content (AvgIpc) is 2.26. The molecule has 0 aromatic carbocycles. The van der Waals surface area contributed by atoms with Crippen molar-refractivity contribution in [2.75, 3.05) is 6.61 Å². The van der Waals surface area contributed by atoms with E-state index in [0.29, 0.717) is 12.6 Å². The highest BCUT2D eigenvalue weighted by Gasteiger charge is 2.30. The number of rotatable bonds is 6.